The van der Waals surface area contributed by atoms with E-state index in [9.17, 15) is 0 Å². The first-order valence-electron chi connectivity index (χ1n) is 3.80. The van der Waals surface area contributed by atoms with Crippen LogP contribution in [0.25, 0.3) is 0 Å². The number of hydrogen-bond acceptors (Lipinski definition) is 0. The zero-order chi connectivity index (χ0) is 7.98. The fraction of sp³-hybridized carbons (Fsp3) is 0.556. The molecule has 0 nitrogen and oxygen atoms in total. The molecule has 0 amide bonds. The molecule has 0 aliphatic heterocycles. The Morgan fingerprint density at radius 3 is 1.90 bits per heavy atom. The van der Waals surface area contributed by atoms with E-state index >= 15 is 0 Å². The van der Waals surface area contributed by atoms with E-state index < -0.39 is 0 Å². The van der Waals surface area contributed by atoms with Gasteiger partial charge < -0.3 is 0 Å². The van der Waals surface area contributed by atoms with Gasteiger partial charge in [-0.3, -0.25) is 0 Å². The van der Waals surface area contributed by atoms with Gasteiger partial charge in [-0.2, -0.15) is 0 Å². The van der Waals surface area contributed by atoms with Crippen molar-refractivity contribution < 1.29 is 0 Å². The third-order valence-corrected chi connectivity index (χ3v) is 1.65. The maximum absolute atomic E-state index is 5.72. The van der Waals surface area contributed by atoms with Crippen molar-refractivity contribution in [3.63, 3.8) is 0 Å². The van der Waals surface area contributed by atoms with Crippen molar-refractivity contribution in [3.05, 3.63) is 22.8 Å². The van der Waals surface area contributed by atoms with E-state index in [1.54, 1.807) is 0 Å². The second-order valence-electron chi connectivity index (χ2n) is 2.02. The molecule has 0 saturated carbocycles. The van der Waals surface area contributed by atoms with Crippen LogP contribution in [-0.4, -0.2) is 0 Å². The van der Waals surface area contributed by atoms with Crippen molar-refractivity contribution >= 4 is 11.6 Å². The van der Waals surface area contributed by atoms with Gasteiger partial charge in [0.05, 0.1) is 0 Å². The summed E-state index contributed by atoms with van der Waals surface area (Å²) in [7, 11) is 0. The maximum Gasteiger partial charge on any atom is 0.0148 e. The third-order valence-electron chi connectivity index (χ3n) is 1.38. The monoisotopic (exact) mass is 158 g/mol. The SMILES string of the molecule is CC.CC(Cl)=C1CC=CC1. The van der Waals surface area contributed by atoms with Gasteiger partial charge in [-0.15, -0.1) is 0 Å². The van der Waals surface area contributed by atoms with Crippen LogP contribution in [0.1, 0.15) is 33.6 Å². The highest BCUT2D eigenvalue weighted by Gasteiger charge is 2.00. The number of allylic oxidation sites excluding steroid dienone is 4. The molecule has 1 heteroatoms. The molecule has 1 aliphatic rings. The minimum absolute atomic E-state index is 0.968. The average Bonchev–Trinajstić information content (AvgIpc) is 2.42. The molecule has 0 aromatic carbocycles. The number of rotatable bonds is 0. The number of halogens is 1. The molecule has 10 heavy (non-hydrogen) atoms. The summed E-state index contributed by atoms with van der Waals surface area (Å²) in [6, 6.07) is 0. The topological polar surface area (TPSA) is 0 Å². The first-order valence-corrected chi connectivity index (χ1v) is 4.17. The van der Waals surface area contributed by atoms with Crippen LogP contribution in [-0.2, 0) is 0 Å². The first-order chi connectivity index (χ1) is 4.80. The second kappa shape index (κ2) is 5.55. The van der Waals surface area contributed by atoms with Crippen molar-refractivity contribution in [1.29, 1.82) is 0 Å². The van der Waals surface area contributed by atoms with Gasteiger partial charge in [0.25, 0.3) is 0 Å². The van der Waals surface area contributed by atoms with E-state index in [2.05, 4.69) is 12.2 Å². The second-order valence-corrected chi connectivity index (χ2v) is 2.58. The van der Waals surface area contributed by atoms with Gasteiger partial charge >= 0.3 is 0 Å². The molecule has 0 fully saturated rings. The molecule has 1 aliphatic carbocycles. The van der Waals surface area contributed by atoms with Gasteiger partial charge in [0.1, 0.15) is 0 Å². The summed E-state index contributed by atoms with van der Waals surface area (Å²) in [5.41, 5.74) is 1.37. The molecule has 0 atom stereocenters. The van der Waals surface area contributed by atoms with Crippen LogP contribution in [0.2, 0.25) is 0 Å². The van der Waals surface area contributed by atoms with Crippen LogP contribution in [0.15, 0.2) is 22.8 Å². The van der Waals surface area contributed by atoms with Gasteiger partial charge in [0.15, 0.2) is 0 Å². The molecule has 0 spiro atoms. The maximum atomic E-state index is 5.72. The Bertz CT molecular complexity index is 129. The van der Waals surface area contributed by atoms with E-state index in [0.717, 1.165) is 17.9 Å². The van der Waals surface area contributed by atoms with Gasteiger partial charge in [0, 0.05) is 5.03 Å². The third kappa shape index (κ3) is 3.07. The molecule has 0 radical (unpaired) electrons. The van der Waals surface area contributed by atoms with E-state index in [4.69, 9.17) is 11.6 Å². The van der Waals surface area contributed by atoms with E-state index in [-0.39, 0.29) is 0 Å². The zero-order valence-corrected chi connectivity index (χ0v) is 7.70. The summed E-state index contributed by atoms with van der Waals surface area (Å²) in [5.74, 6) is 0. The van der Waals surface area contributed by atoms with Gasteiger partial charge in [0.2, 0.25) is 0 Å². The lowest BCUT2D eigenvalue weighted by molar-refractivity contribution is 1.17. The highest BCUT2D eigenvalue weighted by molar-refractivity contribution is 6.29. The van der Waals surface area contributed by atoms with E-state index in [1.807, 2.05) is 20.8 Å². The van der Waals surface area contributed by atoms with Crippen LogP contribution < -0.4 is 0 Å². The van der Waals surface area contributed by atoms with Crippen molar-refractivity contribution in [3.8, 4) is 0 Å². The van der Waals surface area contributed by atoms with Crippen molar-refractivity contribution in [2.75, 3.05) is 0 Å². The Labute approximate surface area is 68.6 Å². The van der Waals surface area contributed by atoms with Crippen molar-refractivity contribution in [2.24, 2.45) is 0 Å². The van der Waals surface area contributed by atoms with Crippen LogP contribution in [0.5, 0.6) is 0 Å². The fourth-order valence-electron chi connectivity index (χ4n) is 0.816. The Hall–Kier alpha value is -0.230. The largest absolute Gasteiger partial charge is 0.0895 e. The lowest BCUT2D eigenvalue weighted by Gasteiger charge is -1.93. The highest BCUT2D eigenvalue weighted by atomic mass is 35.5. The Morgan fingerprint density at radius 1 is 1.30 bits per heavy atom. The molecule has 58 valence electrons. The van der Waals surface area contributed by atoms with Crippen molar-refractivity contribution in [2.45, 2.75) is 33.6 Å². The predicted octanol–water partition coefficient (Wildman–Crippen LogP) is 3.88. The van der Waals surface area contributed by atoms with E-state index in [0.29, 0.717) is 0 Å². The minimum atomic E-state index is 0.968. The normalized spacial score (nSPS) is 14.6. The molecule has 0 bridgehead atoms. The summed E-state index contributed by atoms with van der Waals surface area (Å²) in [5, 5.41) is 0.968. The summed E-state index contributed by atoms with van der Waals surface area (Å²) in [6.07, 6.45) is 6.44. The molecule has 0 saturated heterocycles. The van der Waals surface area contributed by atoms with Crippen LogP contribution in [0, 0.1) is 0 Å². The molecular formula is C9H15Cl. The van der Waals surface area contributed by atoms with Gasteiger partial charge in [-0.1, -0.05) is 37.6 Å². The Morgan fingerprint density at radius 2 is 1.70 bits per heavy atom. The molecule has 0 heterocycles. The average molecular weight is 159 g/mol. The Kier molecular flexibility index (Phi) is 5.42. The fourth-order valence-corrected chi connectivity index (χ4v) is 0.970. The Balaban J connectivity index is 0.000000371. The van der Waals surface area contributed by atoms with Crippen LogP contribution in [0.4, 0.5) is 0 Å². The summed E-state index contributed by atoms with van der Waals surface area (Å²) in [4.78, 5) is 0. The zero-order valence-electron chi connectivity index (χ0n) is 6.95. The number of hydrogen-bond donors (Lipinski definition) is 0. The van der Waals surface area contributed by atoms with Gasteiger partial charge in [-0.05, 0) is 25.3 Å². The summed E-state index contributed by atoms with van der Waals surface area (Å²) < 4.78 is 0. The first kappa shape index (κ1) is 9.77. The van der Waals surface area contributed by atoms with Crippen LogP contribution in [0.3, 0.4) is 0 Å². The predicted molar refractivity (Wildman–Crippen MR) is 48.3 cm³/mol. The minimum Gasteiger partial charge on any atom is -0.0895 e. The summed E-state index contributed by atoms with van der Waals surface area (Å²) >= 11 is 5.72. The van der Waals surface area contributed by atoms with Gasteiger partial charge in [-0.25, -0.2) is 0 Å². The van der Waals surface area contributed by atoms with Crippen LogP contribution >= 0.6 is 11.6 Å². The molecule has 0 N–H and O–H groups in total. The molecule has 1 rings (SSSR count). The van der Waals surface area contributed by atoms with E-state index in [1.165, 1.54) is 5.57 Å². The quantitative estimate of drug-likeness (QED) is 0.470. The summed E-state index contributed by atoms with van der Waals surface area (Å²) in [6.45, 7) is 5.95. The van der Waals surface area contributed by atoms with Crippen molar-refractivity contribution in [1.82, 2.24) is 0 Å². The highest BCUT2D eigenvalue weighted by Crippen LogP contribution is 2.22. The lowest BCUT2D eigenvalue weighted by Crippen LogP contribution is -1.73. The molecule has 0 aromatic rings. The smallest absolute Gasteiger partial charge is 0.0148 e. The molecular weight excluding hydrogens is 144 g/mol. The molecule has 0 unspecified atom stereocenters. The molecule has 0 aromatic heterocycles. The standard InChI is InChI=1S/C7H9Cl.C2H6/c1-6(8)7-4-2-3-5-7;1-2/h2-3H,4-5H2,1H3;1-2H3. The lowest BCUT2D eigenvalue weighted by atomic mass is 10.2.